The van der Waals surface area contributed by atoms with Crippen LogP contribution in [0.15, 0.2) is 24.3 Å². The van der Waals surface area contributed by atoms with Gasteiger partial charge in [-0.15, -0.1) is 0 Å². The Labute approximate surface area is 98.4 Å². The number of amides is 2. The van der Waals surface area contributed by atoms with Crippen LogP contribution in [-0.2, 0) is 0 Å². The van der Waals surface area contributed by atoms with E-state index in [-0.39, 0.29) is 14.0 Å². The van der Waals surface area contributed by atoms with Gasteiger partial charge in [-0.25, -0.2) is 4.79 Å². The maximum atomic E-state index is 11.3. The molecule has 4 heteroatoms. The molecule has 1 rings (SSSR count). The van der Waals surface area contributed by atoms with Gasteiger partial charge in [0.1, 0.15) is 0 Å². The van der Waals surface area contributed by atoms with Crippen LogP contribution in [0.3, 0.4) is 0 Å². The lowest BCUT2D eigenvalue weighted by molar-refractivity contribution is 0.254. The van der Waals surface area contributed by atoms with Gasteiger partial charge >= 0.3 is 6.03 Å². The van der Waals surface area contributed by atoms with Crippen LogP contribution >= 0.6 is 7.92 Å². The molecule has 0 saturated heterocycles. The lowest BCUT2D eigenvalue weighted by atomic mass is 10.3. The molecule has 0 unspecified atom stereocenters. The van der Waals surface area contributed by atoms with E-state index in [9.17, 15) is 4.79 Å². The fraction of sp³-hybridized carbons (Fsp3) is 0.417. The zero-order valence-electron chi connectivity index (χ0n) is 10.1. The maximum absolute atomic E-state index is 11.3. The fourth-order valence-corrected chi connectivity index (χ4v) is 3.50. The summed E-state index contributed by atoms with van der Waals surface area (Å²) in [6.07, 6.45) is 2.30. The van der Waals surface area contributed by atoms with Gasteiger partial charge in [0.25, 0.3) is 0 Å². The predicted molar refractivity (Wildman–Crippen MR) is 72.2 cm³/mol. The largest absolute Gasteiger partial charge is 0.341 e. The van der Waals surface area contributed by atoms with Crippen molar-refractivity contribution in [2.45, 2.75) is 13.8 Å². The summed E-state index contributed by atoms with van der Waals surface area (Å²) in [5.74, 6) is 0. The molecule has 0 saturated carbocycles. The van der Waals surface area contributed by atoms with E-state index in [1.54, 1.807) is 7.05 Å². The molecule has 0 atom stereocenters. The summed E-state index contributed by atoms with van der Waals surface area (Å²) < 4.78 is 0. The number of para-hydroxylation sites is 1. The summed E-state index contributed by atoms with van der Waals surface area (Å²) >= 11 is 0. The smallest absolute Gasteiger partial charge is 0.318 e. The average Bonchev–Trinajstić information content (AvgIpc) is 2.32. The van der Waals surface area contributed by atoms with Gasteiger partial charge in [0.2, 0.25) is 0 Å². The van der Waals surface area contributed by atoms with Crippen LogP contribution in [-0.4, -0.2) is 25.4 Å². The molecule has 0 spiro atoms. The first kappa shape index (κ1) is 13.0. The second-order valence-electron chi connectivity index (χ2n) is 3.39. The standard InChI is InChI=1S/C12H19N2OP/c1-4-16(5-2)11-9-7-6-8-10(11)14-12(15)13-3/h6-9H,4-5H2,1-3H3,(H2,13,14,15). The van der Waals surface area contributed by atoms with E-state index < -0.39 is 0 Å². The van der Waals surface area contributed by atoms with Crippen molar-refractivity contribution in [3.63, 3.8) is 0 Å². The topological polar surface area (TPSA) is 41.1 Å². The van der Waals surface area contributed by atoms with Crippen molar-refractivity contribution >= 4 is 24.9 Å². The van der Waals surface area contributed by atoms with Crippen LogP contribution < -0.4 is 15.9 Å². The molecule has 2 amide bonds. The van der Waals surface area contributed by atoms with Crippen molar-refractivity contribution < 1.29 is 4.79 Å². The second-order valence-corrected chi connectivity index (χ2v) is 6.22. The molecule has 0 radical (unpaired) electrons. The van der Waals surface area contributed by atoms with Crippen LogP contribution in [0, 0.1) is 0 Å². The number of hydrogen-bond donors (Lipinski definition) is 2. The molecule has 0 aromatic heterocycles. The van der Waals surface area contributed by atoms with Gasteiger partial charge in [-0.2, -0.15) is 0 Å². The Morgan fingerprint density at radius 3 is 2.44 bits per heavy atom. The molecule has 1 aromatic carbocycles. The maximum Gasteiger partial charge on any atom is 0.318 e. The lowest BCUT2D eigenvalue weighted by Gasteiger charge is -2.18. The molecular formula is C12H19N2OP. The highest BCUT2D eigenvalue weighted by Gasteiger charge is 2.11. The van der Waals surface area contributed by atoms with Crippen molar-refractivity contribution in [2.75, 3.05) is 24.7 Å². The zero-order valence-corrected chi connectivity index (χ0v) is 11.0. The Morgan fingerprint density at radius 2 is 1.88 bits per heavy atom. The van der Waals surface area contributed by atoms with Crippen molar-refractivity contribution in [2.24, 2.45) is 0 Å². The van der Waals surface area contributed by atoms with Crippen LogP contribution in [0.2, 0.25) is 0 Å². The summed E-state index contributed by atoms with van der Waals surface area (Å²) in [6, 6.07) is 7.91. The van der Waals surface area contributed by atoms with Crippen molar-refractivity contribution in [1.29, 1.82) is 0 Å². The third-order valence-corrected chi connectivity index (χ3v) is 5.08. The van der Waals surface area contributed by atoms with Gasteiger partial charge < -0.3 is 10.6 Å². The molecular weight excluding hydrogens is 219 g/mol. The monoisotopic (exact) mass is 238 g/mol. The van der Waals surface area contributed by atoms with Crippen molar-refractivity contribution in [1.82, 2.24) is 5.32 Å². The van der Waals surface area contributed by atoms with Gasteiger partial charge in [-0.05, 0) is 23.7 Å². The minimum atomic E-state index is -0.158. The lowest BCUT2D eigenvalue weighted by Crippen LogP contribution is -2.27. The first-order valence-electron chi connectivity index (χ1n) is 5.55. The minimum absolute atomic E-state index is 0.150. The molecule has 0 bridgehead atoms. The highest BCUT2D eigenvalue weighted by molar-refractivity contribution is 7.65. The number of nitrogens with one attached hydrogen (secondary N) is 2. The highest BCUT2D eigenvalue weighted by Crippen LogP contribution is 2.35. The third kappa shape index (κ3) is 3.21. The van der Waals surface area contributed by atoms with E-state index in [0.29, 0.717) is 0 Å². The number of anilines is 1. The number of rotatable bonds is 4. The Kier molecular flexibility index (Phi) is 5.27. The van der Waals surface area contributed by atoms with E-state index in [0.717, 1.165) is 18.0 Å². The van der Waals surface area contributed by atoms with E-state index in [1.165, 1.54) is 5.30 Å². The third-order valence-electron chi connectivity index (χ3n) is 2.48. The zero-order chi connectivity index (χ0) is 12.0. The highest BCUT2D eigenvalue weighted by atomic mass is 31.1. The van der Waals surface area contributed by atoms with Crippen molar-refractivity contribution in [3.8, 4) is 0 Å². The summed E-state index contributed by atoms with van der Waals surface area (Å²) in [6.45, 7) is 4.40. The number of carbonyl (C=O) groups excluding carboxylic acids is 1. The normalized spacial score (nSPS) is 10.2. The van der Waals surface area contributed by atoms with Gasteiger partial charge in [-0.1, -0.05) is 40.0 Å². The van der Waals surface area contributed by atoms with E-state index in [2.05, 4.69) is 30.5 Å². The Bertz CT molecular complexity index is 351. The molecule has 0 aliphatic carbocycles. The fourth-order valence-electron chi connectivity index (χ4n) is 1.60. The van der Waals surface area contributed by atoms with E-state index >= 15 is 0 Å². The molecule has 16 heavy (non-hydrogen) atoms. The van der Waals surface area contributed by atoms with Crippen LogP contribution in [0.5, 0.6) is 0 Å². The first-order valence-corrected chi connectivity index (χ1v) is 7.26. The number of benzene rings is 1. The Balaban J connectivity index is 2.94. The Hall–Kier alpha value is -1.08. The molecule has 0 aliphatic heterocycles. The summed E-state index contributed by atoms with van der Waals surface area (Å²) in [7, 11) is 1.48. The van der Waals surface area contributed by atoms with Crippen LogP contribution in [0.1, 0.15) is 13.8 Å². The van der Waals surface area contributed by atoms with E-state index in [4.69, 9.17) is 0 Å². The molecule has 2 N–H and O–H groups in total. The van der Waals surface area contributed by atoms with Gasteiger partial charge in [0, 0.05) is 7.05 Å². The molecule has 3 nitrogen and oxygen atoms in total. The quantitative estimate of drug-likeness (QED) is 0.778. The number of hydrogen-bond acceptors (Lipinski definition) is 1. The van der Waals surface area contributed by atoms with Crippen LogP contribution in [0.25, 0.3) is 0 Å². The Morgan fingerprint density at radius 1 is 1.25 bits per heavy atom. The van der Waals surface area contributed by atoms with Gasteiger partial charge in [0.05, 0.1) is 5.69 Å². The number of carbonyl (C=O) groups is 1. The van der Waals surface area contributed by atoms with Crippen molar-refractivity contribution in [3.05, 3.63) is 24.3 Å². The molecule has 88 valence electrons. The van der Waals surface area contributed by atoms with Gasteiger partial charge in [-0.3, -0.25) is 0 Å². The molecule has 0 fully saturated rings. The molecule has 1 aromatic rings. The molecule has 0 heterocycles. The van der Waals surface area contributed by atoms with Gasteiger partial charge in [0.15, 0.2) is 0 Å². The summed E-state index contributed by atoms with van der Waals surface area (Å²) in [4.78, 5) is 11.3. The SMILES string of the molecule is CCP(CC)c1ccccc1NC(=O)NC. The minimum Gasteiger partial charge on any atom is -0.341 e. The van der Waals surface area contributed by atoms with Crippen LogP contribution in [0.4, 0.5) is 10.5 Å². The summed E-state index contributed by atoms with van der Waals surface area (Å²) in [5, 5.41) is 6.73. The van der Waals surface area contributed by atoms with E-state index in [1.807, 2.05) is 18.2 Å². The first-order chi connectivity index (χ1) is 7.72. The second kappa shape index (κ2) is 6.49. The predicted octanol–water partition coefficient (Wildman–Crippen LogP) is 2.58. The molecule has 0 aliphatic rings. The average molecular weight is 238 g/mol. The number of urea groups is 1. The summed E-state index contributed by atoms with van der Waals surface area (Å²) in [5.41, 5.74) is 0.941.